The Hall–Kier alpha value is -1.01. The van der Waals surface area contributed by atoms with Gasteiger partial charge in [0.15, 0.2) is 0 Å². The highest BCUT2D eigenvalue weighted by molar-refractivity contribution is 6.29. The SMILES string of the molecule is CC(Nc1cc(C(F)(F)F)cc(Cl)n1)C1CCOCC1. The molecule has 1 aromatic heterocycles. The van der Waals surface area contributed by atoms with Crippen LogP contribution in [0.25, 0.3) is 0 Å². The molecule has 3 nitrogen and oxygen atoms in total. The minimum Gasteiger partial charge on any atom is -0.381 e. The van der Waals surface area contributed by atoms with E-state index in [0.717, 1.165) is 25.0 Å². The van der Waals surface area contributed by atoms with Gasteiger partial charge in [-0.15, -0.1) is 0 Å². The van der Waals surface area contributed by atoms with Crippen molar-refractivity contribution in [3.05, 3.63) is 22.8 Å². The average molecular weight is 309 g/mol. The summed E-state index contributed by atoms with van der Waals surface area (Å²) in [7, 11) is 0. The molecule has 0 amide bonds. The van der Waals surface area contributed by atoms with Crippen LogP contribution in [0.2, 0.25) is 5.15 Å². The van der Waals surface area contributed by atoms with Crippen LogP contribution in [0.5, 0.6) is 0 Å². The molecular formula is C13H16ClF3N2O. The first-order valence-corrected chi connectivity index (χ1v) is 6.83. The molecule has 1 atom stereocenters. The van der Waals surface area contributed by atoms with Gasteiger partial charge in [-0.05, 0) is 37.8 Å². The number of hydrogen-bond donors (Lipinski definition) is 1. The van der Waals surface area contributed by atoms with Crippen molar-refractivity contribution in [2.45, 2.75) is 32.0 Å². The molecule has 2 heterocycles. The van der Waals surface area contributed by atoms with E-state index >= 15 is 0 Å². The van der Waals surface area contributed by atoms with E-state index in [1.54, 1.807) is 0 Å². The van der Waals surface area contributed by atoms with Gasteiger partial charge in [-0.2, -0.15) is 13.2 Å². The number of halogens is 4. The van der Waals surface area contributed by atoms with Gasteiger partial charge in [0, 0.05) is 19.3 Å². The Bertz CT molecular complexity index is 461. The zero-order valence-electron chi connectivity index (χ0n) is 11.0. The highest BCUT2D eigenvalue weighted by atomic mass is 35.5. The number of nitrogens with zero attached hydrogens (tertiary/aromatic N) is 1. The molecule has 7 heteroatoms. The van der Waals surface area contributed by atoms with E-state index in [0.29, 0.717) is 19.1 Å². The predicted octanol–water partition coefficient (Wildman–Crippen LogP) is 3.98. The van der Waals surface area contributed by atoms with Gasteiger partial charge < -0.3 is 10.1 Å². The summed E-state index contributed by atoms with van der Waals surface area (Å²) >= 11 is 5.65. The van der Waals surface area contributed by atoms with Gasteiger partial charge in [-0.25, -0.2) is 4.98 Å². The van der Waals surface area contributed by atoms with Gasteiger partial charge in [0.1, 0.15) is 11.0 Å². The van der Waals surface area contributed by atoms with Gasteiger partial charge in [0.2, 0.25) is 0 Å². The molecule has 1 aromatic rings. The van der Waals surface area contributed by atoms with Crippen molar-refractivity contribution in [1.29, 1.82) is 0 Å². The number of nitrogens with one attached hydrogen (secondary N) is 1. The van der Waals surface area contributed by atoms with E-state index in [1.165, 1.54) is 0 Å². The van der Waals surface area contributed by atoms with E-state index in [-0.39, 0.29) is 17.0 Å². The maximum atomic E-state index is 12.7. The van der Waals surface area contributed by atoms with Crippen molar-refractivity contribution in [2.24, 2.45) is 5.92 Å². The van der Waals surface area contributed by atoms with Crippen LogP contribution < -0.4 is 5.32 Å². The van der Waals surface area contributed by atoms with Crippen LogP contribution in [0.4, 0.5) is 19.0 Å². The van der Waals surface area contributed by atoms with E-state index in [9.17, 15) is 13.2 Å². The fourth-order valence-electron chi connectivity index (χ4n) is 2.30. The Labute approximate surface area is 120 Å². The minimum absolute atomic E-state index is 0.0194. The first kappa shape index (κ1) is 15.4. The topological polar surface area (TPSA) is 34.2 Å². The second-order valence-corrected chi connectivity index (χ2v) is 5.33. The Morgan fingerprint density at radius 3 is 2.60 bits per heavy atom. The average Bonchev–Trinajstić information content (AvgIpc) is 2.38. The summed E-state index contributed by atoms with van der Waals surface area (Å²) in [6, 6.07) is 1.83. The van der Waals surface area contributed by atoms with Crippen LogP contribution in [0.1, 0.15) is 25.3 Å². The normalized spacial score (nSPS) is 18.9. The van der Waals surface area contributed by atoms with Crippen molar-refractivity contribution in [1.82, 2.24) is 4.98 Å². The molecule has 1 unspecified atom stereocenters. The summed E-state index contributed by atoms with van der Waals surface area (Å²) in [6.45, 7) is 3.31. The van der Waals surface area contributed by atoms with Gasteiger partial charge >= 0.3 is 6.18 Å². The summed E-state index contributed by atoms with van der Waals surface area (Å²) in [4.78, 5) is 3.91. The van der Waals surface area contributed by atoms with Gasteiger partial charge in [-0.3, -0.25) is 0 Å². The summed E-state index contributed by atoms with van der Waals surface area (Å²) in [5, 5.41) is 2.85. The highest BCUT2D eigenvalue weighted by Crippen LogP contribution is 2.32. The zero-order valence-corrected chi connectivity index (χ0v) is 11.8. The van der Waals surface area contributed by atoms with E-state index < -0.39 is 11.7 Å². The van der Waals surface area contributed by atoms with Gasteiger partial charge in [0.05, 0.1) is 5.56 Å². The molecule has 0 saturated carbocycles. The number of anilines is 1. The summed E-state index contributed by atoms with van der Waals surface area (Å²) in [5.74, 6) is 0.516. The van der Waals surface area contributed by atoms with E-state index in [1.807, 2.05) is 6.92 Å². The van der Waals surface area contributed by atoms with Gasteiger partial charge in [0.25, 0.3) is 0 Å². The predicted molar refractivity (Wildman–Crippen MR) is 70.9 cm³/mol. The molecular weight excluding hydrogens is 293 g/mol. The van der Waals surface area contributed by atoms with Crippen molar-refractivity contribution in [2.75, 3.05) is 18.5 Å². The molecule has 1 N–H and O–H groups in total. The van der Waals surface area contributed by atoms with Crippen molar-refractivity contribution in [3.63, 3.8) is 0 Å². The lowest BCUT2D eigenvalue weighted by Crippen LogP contribution is -2.31. The van der Waals surface area contributed by atoms with Crippen molar-refractivity contribution in [3.8, 4) is 0 Å². The van der Waals surface area contributed by atoms with E-state index in [4.69, 9.17) is 16.3 Å². The summed E-state index contributed by atoms with van der Waals surface area (Å²) in [6.07, 6.45) is -2.65. The number of pyridine rings is 1. The second-order valence-electron chi connectivity index (χ2n) is 4.94. The molecule has 0 aromatic carbocycles. The quantitative estimate of drug-likeness (QED) is 0.858. The fraction of sp³-hybridized carbons (Fsp3) is 0.615. The van der Waals surface area contributed by atoms with Crippen LogP contribution in [-0.2, 0) is 10.9 Å². The fourth-order valence-corrected chi connectivity index (χ4v) is 2.51. The maximum Gasteiger partial charge on any atom is 0.416 e. The van der Waals surface area contributed by atoms with Crippen LogP contribution in [-0.4, -0.2) is 24.2 Å². The zero-order chi connectivity index (χ0) is 14.8. The maximum absolute atomic E-state index is 12.7. The highest BCUT2D eigenvalue weighted by Gasteiger charge is 2.32. The standard InChI is InChI=1S/C13H16ClF3N2O/c1-8(9-2-4-20-5-3-9)18-12-7-10(13(15,16)17)6-11(14)19-12/h6-9H,2-5H2,1H3,(H,18,19). The minimum atomic E-state index is -4.43. The molecule has 0 radical (unpaired) electrons. The molecule has 112 valence electrons. The lowest BCUT2D eigenvalue weighted by molar-refractivity contribution is -0.137. The number of hydrogen-bond acceptors (Lipinski definition) is 3. The first-order chi connectivity index (χ1) is 9.36. The van der Waals surface area contributed by atoms with Crippen LogP contribution >= 0.6 is 11.6 Å². The Kier molecular flexibility index (Phi) is 4.75. The van der Waals surface area contributed by atoms with Crippen LogP contribution in [0.15, 0.2) is 12.1 Å². The Balaban J connectivity index is 2.10. The number of alkyl halides is 3. The molecule has 1 aliphatic heterocycles. The Morgan fingerprint density at radius 2 is 2.00 bits per heavy atom. The lowest BCUT2D eigenvalue weighted by atomic mass is 9.93. The van der Waals surface area contributed by atoms with Crippen molar-refractivity contribution < 1.29 is 17.9 Å². The third kappa shape index (κ3) is 3.99. The Morgan fingerprint density at radius 1 is 1.35 bits per heavy atom. The summed E-state index contributed by atoms with van der Waals surface area (Å²) in [5.41, 5.74) is -0.792. The number of aromatic nitrogens is 1. The third-order valence-electron chi connectivity index (χ3n) is 3.47. The molecule has 2 rings (SSSR count). The van der Waals surface area contributed by atoms with E-state index in [2.05, 4.69) is 10.3 Å². The van der Waals surface area contributed by atoms with Crippen LogP contribution in [0.3, 0.4) is 0 Å². The second kappa shape index (κ2) is 6.18. The van der Waals surface area contributed by atoms with Gasteiger partial charge in [-0.1, -0.05) is 11.6 Å². The lowest BCUT2D eigenvalue weighted by Gasteiger charge is -2.28. The molecule has 1 aliphatic rings. The third-order valence-corrected chi connectivity index (χ3v) is 3.66. The van der Waals surface area contributed by atoms with Crippen molar-refractivity contribution >= 4 is 17.4 Å². The number of rotatable bonds is 3. The summed E-state index contributed by atoms with van der Waals surface area (Å²) < 4.78 is 43.4. The molecule has 0 bridgehead atoms. The molecule has 20 heavy (non-hydrogen) atoms. The van der Waals surface area contributed by atoms with Crippen LogP contribution in [0, 0.1) is 5.92 Å². The molecule has 0 aliphatic carbocycles. The number of ether oxygens (including phenoxy) is 1. The monoisotopic (exact) mass is 308 g/mol. The molecule has 1 fully saturated rings. The molecule has 0 spiro atoms. The largest absolute Gasteiger partial charge is 0.416 e. The first-order valence-electron chi connectivity index (χ1n) is 6.45. The molecule has 1 saturated heterocycles. The smallest absolute Gasteiger partial charge is 0.381 e.